The van der Waals surface area contributed by atoms with Crippen LogP contribution in [0.25, 0.3) is 11.1 Å². The van der Waals surface area contributed by atoms with Crippen LogP contribution < -0.4 is 5.73 Å². The largest absolute Gasteiger partial charge is 0.398 e. The van der Waals surface area contributed by atoms with Crippen LogP contribution in [0.2, 0.25) is 0 Å². The van der Waals surface area contributed by atoms with Crippen molar-refractivity contribution in [1.82, 2.24) is 4.98 Å². The van der Waals surface area contributed by atoms with E-state index in [1.807, 2.05) is 0 Å². The minimum Gasteiger partial charge on any atom is -0.398 e. The zero-order chi connectivity index (χ0) is 9.97. The second kappa shape index (κ2) is 3.46. The number of hydrogen-bond acceptors (Lipinski definition) is 2. The van der Waals surface area contributed by atoms with E-state index in [0.717, 1.165) is 11.1 Å². The fraction of sp³-hybridized carbons (Fsp3) is 0. The summed E-state index contributed by atoms with van der Waals surface area (Å²) < 4.78 is 12.9. The van der Waals surface area contributed by atoms with E-state index < -0.39 is 0 Å². The molecule has 0 atom stereocenters. The number of aromatic nitrogens is 1. The molecule has 0 spiro atoms. The van der Waals surface area contributed by atoms with Crippen molar-refractivity contribution in [2.45, 2.75) is 0 Å². The van der Waals surface area contributed by atoms with Gasteiger partial charge in [0.25, 0.3) is 0 Å². The van der Waals surface area contributed by atoms with E-state index >= 15 is 0 Å². The Kier molecular flexibility index (Phi) is 2.14. The molecule has 0 aliphatic carbocycles. The van der Waals surface area contributed by atoms with Crippen LogP contribution in [-0.4, -0.2) is 4.98 Å². The Bertz CT molecular complexity index is 455. The number of pyridine rings is 1. The second-order valence-corrected chi connectivity index (χ2v) is 2.97. The van der Waals surface area contributed by atoms with Crippen LogP contribution in [0.3, 0.4) is 0 Å². The molecule has 0 radical (unpaired) electrons. The van der Waals surface area contributed by atoms with Gasteiger partial charge in [0, 0.05) is 23.6 Å². The van der Waals surface area contributed by atoms with Gasteiger partial charge in [-0.15, -0.1) is 0 Å². The molecule has 0 bridgehead atoms. The number of anilines is 1. The van der Waals surface area contributed by atoms with Crippen molar-refractivity contribution in [3.05, 3.63) is 48.5 Å². The average Bonchev–Trinajstić information content (AvgIpc) is 2.18. The van der Waals surface area contributed by atoms with E-state index in [0.29, 0.717) is 5.69 Å². The van der Waals surface area contributed by atoms with E-state index in [4.69, 9.17) is 5.73 Å². The van der Waals surface area contributed by atoms with Crippen molar-refractivity contribution in [1.29, 1.82) is 0 Å². The van der Waals surface area contributed by atoms with Crippen molar-refractivity contribution in [3.63, 3.8) is 0 Å². The standard InChI is InChI=1S/C11H9FN2/c12-9-3-1-2-8(6-9)10-7-14-5-4-11(10)13/h1-7H,(H2,13,14). The van der Waals surface area contributed by atoms with Crippen LogP contribution in [0.4, 0.5) is 10.1 Å². The van der Waals surface area contributed by atoms with Crippen LogP contribution in [-0.2, 0) is 0 Å². The summed E-state index contributed by atoms with van der Waals surface area (Å²) in [4.78, 5) is 3.95. The maximum absolute atomic E-state index is 12.9. The Balaban J connectivity index is 2.55. The van der Waals surface area contributed by atoms with Crippen LogP contribution in [0.1, 0.15) is 0 Å². The van der Waals surface area contributed by atoms with Gasteiger partial charge in [0.05, 0.1) is 0 Å². The molecule has 1 aromatic carbocycles. The Labute approximate surface area is 81.2 Å². The molecule has 14 heavy (non-hydrogen) atoms. The highest BCUT2D eigenvalue weighted by Crippen LogP contribution is 2.24. The average molecular weight is 188 g/mol. The van der Waals surface area contributed by atoms with Gasteiger partial charge >= 0.3 is 0 Å². The third-order valence-corrected chi connectivity index (χ3v) is 1.99. The van der Waals surface area contributed by atoms with Gasteiger partial charge in [-0.3, -0.25) is 4.98 Å². The molecule has 0 aliphatic heterocycles. The summed E-state index contributed by atoms with van der Waals surface area (Å²) in [6.45, 7) is 0. The topological polar surface area (TPSA) is 38.9 Å². The van der Waals surface area contributed by atoms with E-state index in [1.54, 1.807) is 30.6 Å². The van der Waals surface area contributed by atoms with Crippen molar-refractivity contribution in [2.75, 3.05) is 5.73 Å². The van der Waals surface area contributed by atoms with Crippen LogP contribution >= 0.6 is 0 Å². The van der Waals surface area contributed by atoms with Crippen molar-refractivity contribution >= 4 is 5.69 Å². The van der Waals surface area contributed by atoms with Crippen molar-refractivity contribution in [2.24, 2.45) is 0 Å². The zero-order valence-electron chi connectivity index (χ0n) is 7.44. The zero-order valence-corrected chi connectivity index (χ0v) is 7.44. The lowest BCUT2D eigenvalue weighted by Gasteiger charge is -2.04. The molecular formula is C11H9FN2. The molecule has 3 heteroatoms. The van der Waals surface area contributed by atoms with E-state index in [9.17, 15) is 4.39 Å². The molecule has 2 N–H and O–H groups in total. The van der Waals surface area contributed by atoms with Gasteiger partial charge < -0.3 is 5.73 Å². The highest BCUT2D eigenvalue weighted by atomic mass is 19.1. The maximum Gasteiger partial charge on any atom is 0.123 e. The van der Waals surface area contributed by atoms with Gasteiger partial charge in [0.15, 0.2) is 0 Å². The van der Waals surface area contributed by atoms with Gasteiger partial charge in [0.1, 0.15) is 5.82 Å². The Morgan fingerprint density at radius 2 is 2.07 bits per heavy atom. The molecule has 1 aromatic heterocycles. The van der Waals surface area contributed by atoms with Gasteiger partial charge in [-0.1, -0.05) is 12.1 Å². The van der Waals surface area contributed by atoms with Gasteiger partial charge in [-0.2, -0.15) is 0 Å². The molecule has 2 rings (SSSR count). The van der Waals surface area contributed by atoms with E-state index in [1.165, 1.54) is 12.1 Å². The lowest BCUT2D eigenvalue weighted by Crippen LogP contribution is -1.90. The van der Waals surface area contributed by atoms with Gasteiger partial charge in [-0.25, -0.2) is 4.39 Å². The quantitative estimate of drug-likeness (QED) is 0.746. The first-order valence-electron chi connectivity index (χ1n) is 4.23. The summed E-state index contributed by atoms with van der Waals surface area (Å²) in [5.74, 6) is -0.272. The summed E-state index contributed by atoms with van der Waals surface area (Å²) in [5, 5.41) is 0. The maximum atomic E-state index is 12.9. The monoisotopic (exact) mass is 188 g/mol. The third-order valence-electron chi connectivity index (χ3n) is 1.99. The molecule has 0 saturated carbocycles. The molecule has 0 aliphatic rings. The normalized spacial score (nSPS) is 10.1. The molecule has 1 heterocycles. The number of nitrogens with two attached hydrogens (primary N) is 1. The fourth-order valence-electron chi connectivity index (χ4n) is 1.30. The smallest absolute Gasteiger partial charge is 0.123 e. The summed E-state index contributed by atoms with van der Waals surface area (Å²) >= 11 is 0. The predicted octanol–water partition coefficient (Wildman–Crippen LogP) is 2.47. The first-order valence-corrected chi connectivity index (χ1v) is 4.23. The SMILES string of the molecule is Nc1ccncc1-c1cccc(F)c1. The molecular weight excluding hydrogens is 179 g/mol. The molecule has 0 saturated heterocycles. The Hall–Kier alpha value is -1.90. The Morgan fingerprint density at radius 3 is 2.79 bits per heavy atom. The summed E-state index contributed by atoms with van der Waals surface area (Å²) in [7, 11) is 0. The van der Waals surface area contributed by atoms with Gasteiger partial charge in [0.2, 0.25) is 0 Å². The lowest BCUT2D eigenvalue weighted by atomic mass is 10.1. The third kappa shape index (κ3) is 1.57. The predicted molar refractivity (Wildman–Crippen MR) is 54.0 cm³/mol. The number of nitrogens with zero attached hydrogens (tertiary/aromatic N) is 1. The van der Waals surface area contributed by atoms with Gasteiger partial charge in [-0.05, 0) is 23.8 Å². The Morgan fingerprint density at radius 1 is 1.21 bits per heavy atom. The minimum atomic E-state index is -0.272. The van der Waals surface area contributed by atoms with Crippen LogP contribution in [0, 0.1) is 5.82 Å². The molecule has 0 fully saturated rings. The van der Waals surface area contributed by atoms with Crippen molar-refractivity contribution in [3.8, 4) is 11.1 Å². The second-order valence-electron chi connectivity index (χ2n) is 2.97. The molecule has 0 amide bonds. The number of hydrogen-bond donors (Lipinski definition) is 1. The lowest BCUT2D eigenvalue weighted by molar-refractivity contribution is 0.628. The summed E-state index contributed by atoms with van der Waals surface area (Å²) in [6, 6.07) is 7.98. The van der Waals surface area contributed by atoms with E-state index in [-0.39, 0.29) is 5.82 Å². The first kappa shape index (κ1) is 8.69. The van der Waals surface area contributed by atoms with Crippen LogP contribution in [0.15, 0.2) is 42.7 Å². The summed E-state index contributed by atoms with van der Waals surface area (Å²) in [5.41, 5.74) is 7.85. The number of halogens is 1. The highest BCUT2D eigenvalue weighted by molar-refractivity contribution is 5.74. The molecule has 70 valence electrons. The van der Waals surface area contributed by atoms with Crippen molar-refractivity contribution < 1.29 is 4.39 Å². The number of nitrogen functional groups attached to an aromatic ring is 1. The van der Waals surface area contributed by atoms with E-state index in [2.05, 4.69) is 4.98 Å². The molecule has 2 nitrogen and oxygen atoms in total. The molecule has 0 unspecified atom stereocenters. The molecule has 2 aromatic rings. The highest BCUT2D eigenvalue weighted by Gasteiger charge is 2.02. The number of rotatable bonds is 1. The number of benzene rings is 1. The van der Waals surface area contributed by atoms with Crippen LogP contribution in [0.5, 0.6) is 0 Å². The summed E-state index contributed by atoms with van der Waals surface area (Å²) in [6.07, 6.45) is 3.24. The fourth-order valence-corrected chi connectivity index (χ4v) is 1.30. The minimum absolute atomic E-state index is 0.272. The first-order chi connectivity index (χ1) is 6.77.